The van der Waals surface area contributed by atoms with Gasteiger partial charge in [-0.1, -0.05) is 26.2 Å². The maximum Gasteiger partial charge on any atom is 0.0619 e. The van der Waals surface area contributed by atoms with Crippen LogP contribution in [0.15, 0.2) is 0 Å². The molecule has 0 amide bonds. The molecule has 2 nitrogen and oxygen atoms in total. The summed E-state index contributed by atoms with van der Waals surface area (Å²) < 4.78 is 5.60. The number of hydrogen-bond acceptors (Lipinski definition) is 2. The third-order valence-electron chi connectivity index (χ3n) is 2.62. The van der Waals surface area contributed by atoms with Crippen LogP contribution in [0.1, 0.15) is 45.4 Å². The molecule has 0 aliphatic carbocycles. The summed E-state index contributed by atoms with van der Waals surface area (Å²) in [5.74, 6) is 0. The standard InChI is InChI=1S/C11H23NO/c1-2-3-4-5-9-13-10-11-7-6-8-12-11/h11-12H,2-10H2,1H3/t11-/m1/s1. The molecule has 0 saturated carbocycles. The topological polar surface area (TPSA) is 21.3 Å². The molecule has 1 saturated heterocycles. The van der Waals surface area contributed by atoms with Crippen LogP contribution in [-0.4, -0.2) is 25.8 Å². The normalized spacial score (nSPS) is 22.4. The quantitative estimate of drug-likeness (QED) is 0.615. The van der Waals surface area contributed by atoms with E-state index in [1.165, 1.54) is 45.1 Å². The van der Waals surface area contributed by atoms with Crippen LogP contribution in [0.4, 0.5) is 0 Å². The summed E-state index contributed by atoms with van der Waals surface area (Å²) in [4.78, 5) is 0. The first-order chi connectivity index (χ1) is 6.43. The van der Waals surface area contributed by atoms with Crippen LogP contribution in [0, 0.1) is 0 Å². The Labute approximate surface area is 82.0 Å². The molecule has 0 bridgehead atoms. The van der Waals surface area contributed by atoms with Crippen molar-refractivity contribution in [3.05, 3.63) is 0 Å². The van der Waals surface area contributed by atoms with Crippen molar-refractivity contribution in [1.29, 1.82) is 0 Å². The Morgan fingerprint density at radius 1 is 1.31 bits per heavy atom. The second-order valence-corrected chi connectivity index (χ2v) is 3.93. The minimum absolute atomic E-state index is 0.645. The Morgan fingerprint density at radius 3 is 2.92 bits per heavy atom. The van der Waals surface area contributed by atoms with Gasteiger partial charge in [0.25, 0.3) is 0 Å². The summed E-state index contributed by atoms with van der Waals surface area (Å²) in [5, 5.41) is 3.43. The molecule has 78 valence electrons. The SMILES string of the molecule is CCCCCCOC[C@H]1CCCN1. The molecular formula is C11H23NO. The van der Waals surface area contributed by atoms with Gasteiger partial charge in [0.15, 0.2) is 0 Å². The van der Waals surface area contributed by atoms with Crippen LogP contribution < -0.4 is 5.32 Å². The monoisotopic (exact) mass is 185 g/mol. The van der Waals surface area contributed by atoms with Gasteiger partial charge in [0.2, 0.25) is 0 Å². The number of rotatable bonds is 7. The second kappa shape index (κ2) is 7.34. The van der Waals surface area contributed by atoms with Gasteiger partial charge in [0, 0.05) is 12.6 Å². The zero-order chi connectivity index (χ0) is 9.36. The van der Waals surface area contributed by atoms with Gasteiger partial charge in [-0.3, -0.25) is 0 Å². The van der Waals surface area contributed by atoms with Crippen molar-refractivity contribution in [2.75, 3.05) is 19.8 Å². The summed E-state index contributed by atoms with van der Waals surface area (Å²) in [5.41, 5.74) is 0. The van der Waals surface area contributed by atoms with Crippen molar-refractivity contribution in [2.45, 2.75) is 51.5 Å². The Hall–Kier alpha value is -0.0800. The molecule has 0 aromatic carbocycles. The summed E-state index contributed by atoms with van der Waals surface area (Å²) in [6.45, 7) is 5.30. The molecule has 1 heterocycles. The van der Waals surface area contributed by atoms with E-state index in [4.69, 9.17) is 4.74 Å². The highest BCUT2D eigenvalue weighted by atomic mass is 16.5. The average Bonchev–Trinajstić information content (AvgIpc) is 2.63. The number of hydrogen-bond donors (Lipinski definition) is 1. The van der Waals surface area contributed by atoms with Crippen LogP contribution in [-0.2, 0) is 4.74 Å². The fourth-order valence-corrected chi connectivity index (χ4v) is 1.76. The number of nitrogens with one attached hydrogen (secondary N) is 1. The molecule has 2 heteroatoms. The van der Waals surface area contributed by atoms with Gasteiger partial charge in [0.1, 0.15) is 0 Å². The van der Waals surface area contributed by atoms with Gasteiger partial charge in [-0.25, -0.2) is 0 Å². The number of ether oxygens (including phenoxy) is 1. The minimum atomic E-state index is 0.645. The molecule has 0 aromatic rings. The highest BCUT2D eigenvalue weighted by Gasteiger charge is 2.12. The molecule has 0 unspecified atom stereocenters. The smallest absolute Gasteiger partial charge is 0.0619 e. The third kappa shape index (κ3) is 5.27. The molecule has 1 aliphatic rings. The first-order valence-corrected chi connectivity index (χ1v) is 5.74. The summed E-state index contributed by atoms with van der Waals surface area (Å²) in [7, 11) is 0. The molecule has 1 aliphatic heterocycles. The first-order valence-electron chi connectivity index (χ1n) is 5.74. The van der Waals surface area contributed by atoms with Crippen LogP contribution in [0.5, 0.6) is 0 Å². The predicted octanol–water partition coefficient (Wildman–Crippen LogP) is 2.34. The van der Waals surface area contributed by atoms with E-state index in [-0.39, 0.29) is 0 Å². The summed E-state index contributed by atoms with van der Waals surface area (Å²) in [6, 6.07) is 0.645. The van der Waals surface area contributed by atoms with E-state index in [1.54, 1.807) is 0 Å². The Kier molecular flexibility index (Phi) is 6.21. The Balaban J connectivity index is 1.78. The van der Waals surface area contributed by atoms with Crippen LogP contribution >= 0.6 is 0 Å². The molecule has 0 spiro atoms. The maximum absolute atomic E-state index is 5.60. The van der Waals surface area contributed by atoms with Crippen molar-refractivity contribution in [1.82, 2.24) is 5.32 Å². The van der Waals surface area contributed by atoms with Gasteiger partial charge in [-0.15, -0.1) is 0 Å². The second-order valence-electron chi connectivity index (χ2n) is 3.93. The largest absolute Gasteiger partial charge is 0.380 e. The van der Waals surface area contributed by atoms with Crippen molar-refractivity contribution >= 4 is 0 Å². The Bertz CT molecular complexity index is 111. The van der Waals surface area contributed by atoms with Crippen LogP contribution in [0.25, 0.3) is 0 Å². The van der Waals surface area contributed by atoms with Gasteiger partial charge >= 0.3 is 0 Å². The minimum Gasteiger partial charge on any atom is -0.380 e. The lowest BCUT2D eigenvalue weighted by molar-refractivity contribution is 0.112. The first kappa shape index (κ1) is 11.0. The fourth-order valence-electron chi connectivity index (χ4n) is 1.76. The average molecular weight is 185 g/mol. The van der Waals surface area contributed by atoms with Gasteiger partial charge in [-0.2, -0.15) is 0 Å². The molecule has 0 radical (unpaired) electrons. The van der Waals surface area contributed by atoms with E-state index in [0.717, 1.165) is 13.2 Å². The van der Waals surface area contributed by atoms with Gasteiger partial charge in [0.05, 0.1) is 6.61 Å². The number of unbranched alkanes of at least 4 members (excludes halogenated alkanes) is 3. The highest BCUT2D eigenvalue weighted by Crippen LogP contribution is 2.05. The lowest BCUT2D eigenvalue weighted by Gasteiger charge is -2.10. The third-order valence-corrected chi connectivity index (χ3v) is 2.62. The van der Waals surface area contributed by atoms with Gasteiger partial charge < -0.3 is 10.1 Å². The van der Waals surface area contributed by atoms with E-state index < -0.39 is 0 Å². The van der Waals surface area contributed by atoms with Gasteiger partial charge in [-0.05, 0) is 25.8 Å². The molecule has 1 N–H and O–H groups in total. The molecule has 1 fully saturated rings. The van der Waals surface area contributed by atoms with Crippen molar-refractivity contribution in [2.24, 2.45) is 0 Å². The Morgan fingerprint density at radius 2 is 2.23 bits per heavy atom. The maximum atomic E-state index is 5.60. The predicted molar refractivity (Wildman–Crippen MR) is 56.0 cm³/mol. The van der Waals surface area contributed by atoms with Crippen molar-refractivity contribution in [3.8, 4) is 0 Å². The molecule has 0 aromatic heterocycles. The summed E-state index contributed by atoms with van der Waals surface area (Å²) in [6.07, 6.45) is 7.85. The molecular weight excluding hydrogens is 162 g/mol. The fraction of sp³-hybridized carbons (Fsp3) is 1.00. The van der Waals surface area contributed by atoms with Crippen LogP contribution in [0.3, 0.4) is 0 Å². The van der Waals surface area contributed by atoms with E-state index in [9.17, 15) is 0 Å². The summed E-state index contributed by atoms with van der Waals surface area (Å²) >= 11 is 0. The highest BCUT2D eigenvalue weighted by molar-refractivity contribution is 4.73. The molecule has 1 rings (SSSR count). The van der Waals surface area contributed by atoms with E-state index >= 15 is 0 Å². The zero-order valence-corrected chi connectivity index (χ0v) is 8.85. The van der Waals surface area contributed by atoms with E-state index in [1.807, 2.05) is 0 Å². The zero-order valence-electron chi connectivity index (χ0n) is 8.85. The van der Waals surface area contributed by atoms with E-state index in [0.29, 0.717) is 6.04 Å². The van der Waals surface area contributed by atoms with E-state index in [2.05, 4.69) is 12.2 Å². The van der Waals surface area contributed by atoms with Crippen molar-refractivity contribution in [3.63, 3.8) is 0 Å². The van der Waals surface area contributed by atoms with Crippen molar-refractivity contribution < 1.29 is 4.74 Å². The lowest BCUT2D eigenvalue weighted by Crippen LogP contribution is -2.26. The van der Waals surface area contributed by atoms with Crippen LogP contribution in [0.2, 0.25) is 0 Å². The lowest BCUT2D eigenvalue weighted by atomic mass is 10.2. The molecule has 13 heavy (non-hydrogen) atoms. The molecule has 1 atom stereocenters.